The Morgan fingerprint density at radius 1 is 0.900 bits per heavy atom. The zero-order valence-electron chi connectivity index (χ0n) is 16.4. The second-order valence-electron chi connectivity index (χ2n) is 6.63. The quantitative estimate of drug-likeness (QED) is 0.332. The highest BCUT2D eigenvalue weighted by molar-refractivity contribution is 5.86. The monoisotopic (exact) mass is 401 g/mol. The lowest BCUT2D eigenvalue weighted by atomic mass is 10.1. The fraction of sp³-hybridized carbons (Fsp3) is 0.0909. The fourth-order valence-electron chi connectivity index (χ4n) is 3.16. The summed E-state index contributed by atoms with van der Waals surface area (Å²) in [6, 6.07) is 21.0. The number of methoxy groups -OCH3 is 1. The topological polar surface area (TPSA) is 102 Å². The lowest BCUT2D eigenvalue weighted by molar-refractivity contribution is -0.385. The van der Waals surface area contributed by atoms with E-state index in [1.165, 1.54) is 0 Å². The predicted molar refractivity (Wildman–Crippen MR) is 117 cm³/mol. The Labute approximate surface area is 172 Å². The predicted octanol–water partition coefficient (Wildman–Crippen LogP) is 5.34. The minimum absolute atomic E-state index is 0.101. The zero-order chi connectivity index (χ0) is 21.1. The fourth-order valence-corrected chi connectivity index (χ4v) is 3.16. The maximum atomic E-state index is 11.6. The molecule has 1 heterocycles. The van der Waals surface area contributed by atoms with Gasteiger partial charge in [-0.05, 0) is 42.0 Å². The molecule has 0 aliphatic rings. The summed E-state index contributed by atoms with van der Waals surface area (Å²) < 4.78 is 5.21. The number of nitrogens with one attached hydrogen (secondary N) is 2. The van der Waals surface area contributed by atoms with Crippen molar-refractivity contribution in [2.45, 2.75) is 6.92 Å². The molecule has 0 atom stereocenters. The molecule has 0 saturated carbocycles. The number of ether oxygens (including phenoxy) is 1. The number of nitro groups is 1. The van der Waals surface area contributed by atoms with E-state index in [1.807, 2.05) is 42.5 Å². The van der Waals surface area contributed by atoms with Crippen LogP contribution in [0.5, 0.6) is 5.75 Å². The molecule has 1 aromatic heterocycles. The van der Waals surface area contributed by atoms with Gasteiger partial charge in [-0.1, -0.05) is 36.4 Å². The Hall–Kier alpha value is -4.20. The summed E-state index contributed by atoms with van der Waals surface area (Å²) in [7, 11) is 1.56. The molecule has 0 unspecified atom stereocenters. The molecule has 8 nitrogen and oxygen atoms in total. The van der Waals surface area contributed by atoms with Gasteiger partial charge >= 0.3 is 5.69 Å². The van der Waals surface area contributed by atoms with Crippen LogP contribution in [-0.4, -0.2) is 22.0 Å². The van der Waals surface area contributed by atoms with E-state index in [-0.39, 0.29) is 23.1 Å². The third-order valence-electron chi connectivity index (χ3n) is 4.58. The van der Waals surface area contributed by atoms with E-state index < -0.39 is 4.92 Å². The van der Waals surface area contributed by atoms with Crippen molar-refractivity contribution in [2.24, 2.45) is 0 Å². The lowest BCUT2D eigenvalue weighted by Crippen LogP contribution is -2.07. The van der Waals surface area contributed by atoms with Crippen molar-refractivity contribution in [2.75, 3.05) is 17.7 Å². The average molecular weight is 401 g/mol. The number of hydrogen-bond acceptors (Lipinski definition) is 7. The van der Waals surface area contributed by atoms with Crippen molar-refractivity contribution in [3.63, 3.8) is 0 Å². The molecule has 0 saturated heterocycles. The second-order valence-corrected chi connectivity index (χ2v) is 6.63. The zero-order valence-corrected chi connectivity index (χ0v) is 16.4. The van der Waals surface area contributed by atoms with Crippen molar-refractivity contribution in [3.8, 4) is 5.75 Å². The van der Waals surface area contributed by atoms with Gasteiger partial charge in [-0.15, -0.1) is 0 Å². The van der Waals surface area contributed by atoms with Gasteiger partial charge in [-0.3, -0.25) is 10.1 Å². The van der Waals surface area contributed by atoms with Crippen LogP contribution in [0.1, 0.15) is 5.69 Å². The largest absolute Gasteiger partial charge is 0.497 e. The summed E-state index contributed by atoms with van der Waals surface area (Å²) in [5, 5.41) is 19.9. The van der Waals surface area contributed by atoms with Crippen LogP contribution in [0.4, 0.5) is 28.8 Å². The van der Waals surface area contributed by atoms with E-state index in [0.29, 0.717) is 11.4 Å². The van der Waals surface area contributed by atoms with Crippen molar-refractivity contribution < 1.29 is 9.66 Å². The molecule has 0 bridgehead atoms. The molecular weight excluding hydrogens is 382 g/mol. The van der Waals surface area contributed by atoms with Gasteiger partial charge < -0.3 is 15.4 Å². The second kappa shape index (κ2) is 8.04. The van der Waals surface area contributed by atoms with Gasteiger partial charge in [0.15, 0.2) is 0 Å². The molecule has 4 rings (SSSR count). The van der Waals surface area contributed by atoms with Crippen LogP contribution in [0, 0.1) is 17.0 Å². The number of aromatic nitrogens is 2. The molecule has 150 valence electrons. The van der Waals surface area contributed by atoms with E-state index in [1.54, 1.807) is 38.3 Å². The molecular formula is C22H19N5O3. The van der Waals surface area contributed by atoms with Crippen molar-refractivity contribution in [1.82, 2.24) is 9.97 Å². The number of aryl methyl sites for hydroxylation is 1. The summed E-state index contributed by atoms with van der Waals surface area (Å²) in [4.78, 5) is 19.8. The molecule has 0 spiro atoms. The summed E-state index contributed by atoms with van der Waals surface area (Å²) >= 11 is 0. The molecule has 4 aromatic rings. The van der Waals surface area contributed by atoms with Crippen LogP contribution in [-0.2, 0) is 0 Å². The number of benzene rings is 3. The molecule has 0 fully saturated rings. The van der Waals surface area contributed by atoms with Gasteiger partial charge in [-0.25, -0.2) is 4.98 Å². The highest BCUT2D eigenvalue weighted by Gasteiger charge is 2.22. The third kappa shape index (κ3) is 3.97. The minimum Gasteiger partial charge on any atom is -0.497 e. The maximum Gasteiger partial charge on any atom is 0.332 e. The number of hydrogen-bond donors (Lipinski definition) is 2. The Morgan fingerprint density at radius 3 is 2.43 bits per heavy atom. The first kappa shape index (κ1) is 19.1. The van der Waals surface area contributed by atoms with E-state index in [2.05, 4.69) is 20.6 Å². The highest BCUT2D eigenvalue weighted by atomic mass is 16.6. The van der Waals surface area contributed by atoms with Crippen LogP contribution < -0.4 is 15.4 Å². The van der Waals surface area contributed by atoms with Crippen LogP contribution in [0.15, 0.2) is 66.7 Å². The van der Waals surface area contributed by atoms with Crippen LogP contribution in [0.3, 0.4) is 0 Å². The Balaban J connectivity index is 1.70. The normalized spacial score (nSPS) is 10.6. The molecule has 2 N–H and O–H groups in total. The standard InChI is InChI=1S/C22H19N5O3/c1-14-20(27(28)29)21(24-17-8-5-9-19(13-17)30-2)26-22(23-14)25-18-11-10-15-6-3-4-7-16(15)12-18/h3-13H,1-2H3,(H2,23,24,25,26). The molecule has 8 heteroatoms. The summed E-state index contributed by atoms with van der Waals surface area (Å²) in [6.45, 7) is 1.59. The average Bonchev–Trinajstić information content (AvgIpc) is 2.73. The number of anilines is 4. The Morgan fingerprint density at radius 2 is 1.67 bits per heavy atom. The van der Waals surface area contributed by atoms with E-state index in [0.717, 1.165) is 16.5 Å². The number of fused-ring (bicyclic) bond motifs is 1. The minimum atomic E-state index is -0.488. The first-order valence-electron chi connectivity index (χ1n) is 9.23. The van der Waals surface area contributed by atoms with Crippen molar-refractivity contribution in [3.05, 3.63) is 82.5 Å². The summed E-state index contributed by atoms with van der Waals surface area (Å²) in [5.74, 6) is 0.991. The Kier molecular flexibility index (Phi) is 5.13. The maximum absolute atomic E-state index is 11.6. The molecule has 3 aromatic carbocycles. The van der Waals surface area contributed by atoms with Crippen molar-refractivity contribution >= 4 is 39.6 Å². The number of nitrogens with zero attached hydrogens (tertiary/aromatic N) is 3. The van der Waals surface area contributed by atoms with Crippen molar-refractivity contribution in [1.29, 1.82) is 0 Å². The van der Waals surface area contributed by atoms with Crippen LogP contribution in [0.25, 0.3) is 10.8 Å². The van der Waals surface area contributed by atoms with Gasteiger partial charge in [0, 0.05) is 17.4 Å². The van der Waals surface area contributed by atoms with Crippen LogP contribution >= 0.6 is 0 Å². The van der Waals surface area contributed by atoms with Gasteiger partial charge in [0.1, 0.15) is 11.4 Å². The van der Waals surface area contributed by atoms with Gasteiger partial charge in [0.05, 0.1) is 12.0 Å². The third-order valence-corrected chi connectivity index (χ3v) is 4.58. The lowest BCUT2D eigenvalue weighted by Gasteiger charge is -2.12. The van der Waals surface area contributed by atoms with E-state index in [4.69, 9.17) is 4.74 Å². The number of rotatable bonds is 6. The summed E-state index contributed by atoms with van der Waals surface area (Å²) in [5.41, 5.74) is 1.48. The van der Waals surface area contributed by atoms with E-state index in [9.17, 15) is 10.1 Å². The van der Waals surface area contributed by atoms with Crippen LogP contribution in [0.2, 0.25) is 0 Å². The first-order chi connectivity index (χ1) is 14.5. The molecule has 0 aliphatic heterocycles. The SMILES string of the molecule is COc1cccc(Nc2nc(Nc3ccc4ccccc4c3)nc(C)c2[N+](=O)[O-])c1. The molecule has 0 amide bonds. The van der Waals surface area contributed by atoms with Gasteiger partial charge in [-0.2, -0.15) is 4.98 Å². The van der Waals surface area contributed by atoms with Gasteiger partial charge in [0.2, 0.25) is 11.8 Å². The molecule has 0 radical (unpaired) electrons. The highest BCUT2D eigenvalue weighted by Crippen LogP contribution is 2.31. The first-order valence-corrected chi connectivity index (χ1v) is 9.23. The molecule has 0 aliphatic carbocycles. The smallest absolute Gasteiger partial charge is 0.332 e. The van der Waals surface area contributed by atoms with Gasteiger partial charge in [0.25, 0.3) is 0 Å². The van der Waals surface area contributed by atoms with E-state index >= 15 is 0 Å². The summed E-state index contributed by atoms with van der Waals surface area (Å²) in [6.07, 6.45) is 0. The molecule has 30 heavy (non-hydrogen) atoms. The Bertz CT molecular complexity index is 1240.